The van der Waals surface area contributed by atoms with Crippen molar-refractivity contribution in [3.05, 3.63) is 179 Å². The molecular weight excluding hydrogens is 806 g/mol. The summed E-state index contributed by atoms with van der Waals surface area (Å²) in [6, 6.07) is 43.3. The van der Waals surface area contributed by atoms with Gasteiger partial charge in [0.1, 0.15) is 0 Å². The van der Waals surface area contributed by atoms with E-state index in [9.17, 15) is 9.13 Å². The third-order valence-electron chi connectivity index (χ3n) is 8.80. The molecule has 0 bridgehead atoms. The largest absolute Gasteiger partial charge is 0.530 e. The van der Waals surface area contributed by atoms with E-state index in [0.29, 0.717) is 50.6 Å². The maximum absolute atomic E-state index is 15.0. The van der Waals surface area contributed by atoms with Crippen molar-refractivity contribution in [2.75, 3.05) is 28.4 Å². The van der Waals surface area contributed by atoms with E-state index in [-0.39, 0.29) is 43.7 Å². The number of benzene rings is 6. The predicted octanol–water partition coefficient (Wildman–Crippen LogP) is 11.7. The molecule has 6 rings (SSSR count). The highest BCUT2D eigenvalue weighted by molar-refractivity contribution is 7.49. The number of phosphoric ester groups is 2. The molecule has 0 aliphatic carbocycles. The summed E-state index contributed by atoms with van der Waals surface area (Å²) in [5, 5.41) is 0. The first-order chi connectivity index (χ1) is 29.2. The molecule has 0 N–H and O–H groups in total. The minimum Gasteiger partial charge on any atom is -0.493 e. The number of rotatable bonds is 22. The molecule has 0 spiro atoms. The normalized spacial score (nSPS) is 11.6. The van der Waals surface area contributed by atoms with E-state index in [2.05, 4.69) is 0 Å². The van der Waals surface area contributed by atoms with Gasteiger partial charge in [0.05, 0.1) is 54.9 Å². The van der Waals surface area contributed by atoms with Crippen LogP contribution in [0.4, 0.5) is 0 Å². The Morgan fingerprint density at radius 1 is 0.400 bits per heavy atom. The summed E-state index contributed by atoms with van der Waals surface area (Å²) >= 11 is 0. The monoisotopic (exact) mass is 852 g/mol. The number of hydrogen-bond donors (Lipinski definition) is 0. The Kier molecular flexibility index (Phi) is 15.6. The van der Waals surface area contributed by atoms with Gasteiger partial charge in [-0.15, -0.1) is 0 Å². The number of hydrogen-bond acceptors (Lipinski definition) is 12. The Balaban J connectivity index is 1.47. The Labute approximate surface area is 350 Å². The van der Waals surface area contributed by atoms with Crippen LogP contribution < -0.4 is 28.0 Å². The maximum Gasteiger partial charge on any atom is 0.530 e. The molecule has 0 heterocycles. The molecule has 6 aromatic rings. The summed E-state index contributed by atoms with van der Waals surface area (Å²) in [5.74, 6) is 0.864. The second-order valence-electron chi connectivity index (χ2n) is 12.9. The molecule has 0 saturated carbocycles. The van der Waals surface area contributed by atoms with Gasteiger partial charge in [-0.3, -0.25) is 18.1 Å². The SMILES string of the molecule is COc1cc(/C=C\c2ccc(OC)c(OP(=O)(OCc3ccccc3)OCc3ccccc3)c2OP(=O)(OCc2ccccc2)OCc2ccccc2)cc(OC)c1OC. The molecule has 60 heavy (non-hydrogen) atoms. The van der Waals surface area contributed by atoms with E-state index in [1.807, 2.05) is 121 Å². The van der Waals surface area contributed by atoms with Crippen LogP contribution in [0.25, 0.3) is 12.2 Å². The summed E-state index contributed by atoms with van der Waals surface area (Å²) in [4.78, 5) is 0. The van der Waals surface area contributed by atoms with Crippen LogP contribution in [0.2, 0.25) is 0 Å². The van der Waals surface area contributed by atoms with Crippen LogP contribution in [0.1, 0.15) is 33.4 Å². The summed E-state index contributed by atoms with van der Waals surface area (Å²) in [6.07, 6.45) is 3.41. The lowest BCUT2D eigenvalue weighted by atomic mass is 10.1. The summed E-state index contributed by atoms with van der Waals surface area (Å²) in [6.45, 7) is -0.541. The molecule has 0 aromatic heterocycles. The van der Waals surface area contributed by atoms with E-state index in [4.69, 9.17) is 46.1 Å². The molecule has 0 radical (unpaired) electrons. The van der Waals surface area contributed by atoms with Crippen LogP contribution >= 0.6 is 15.6 Å². The van der Waals surface area contributed by atoms with Crippen LogP contribution in [0.5, 0.6) is 34.5 Å². The first-order valence-corrected chi connectivity index (χ1v) is 21.7. The molecule has 0 aliphatic heterocycles. The Bertz CT molecular complexity index is 2280. The fraction of sp³-hybridized carbons (Fsp3) is 0.174. The molecule has 0 atom stereocenters. The van der Waals surface area contributed by atoms with Crippen molar-refractivity contribution in [3.8, 4) is 34.5 Å². The third-order valence-corrected chi connectivity index (χ3v) is 11.4. The zero-order valence-electron chi connectivity index (χ0n) is 33.6. The van der Waals surface area contributed by atoms with Crippen LogP contribution in [-0.4, -0.2) is 28.4 Å². The van der Waals surface area contributed by atoms with Gasteiger partial charge in [-0.1, -0.05) is 133 Å². The molecule has 312 valence electrons. The highest BCUT2D eigenvalue weighted by Crippen LogP contribution is 2.60. The third kappa shape index (κ3) is 12.1. The molecule has 0 unspecified atom stereocenters. The van der Waals surface area contributed by atoms with Crippen molar-refractivity contribution in [2.45, 2.75) is 26.4 Å². The predicted molar refractivity (Wildman–Crippen MR) is 229 cm³/mol. The summed E-state index contributed by atoms with van der Waals surface area (Å²) in [5.41, 5.74) is 3.78. The van der Waals surface area contributed by atoms with Gasteiger partial charge in [-0.2, -0.15) is 0 Å². The molecule has 0 saturated heterocycles. The fourth-order valence-electron chi connectivity index (χ4n) is 5.73. The standard InChI is InChI=1S/C46H46O12P2/c1-49-41-28-27-40(26-25-39-29-42(50-2)45(52-4)43(30-39)51-3)44(57-59(47,53-31-35-17-9-5-10-18-35)54-32-36-19-11-6-12-20-36)46(41)58-60(48,55-33-37-21-13-7-14-22-37)56-34-38-23-15-8-16-24-38/h5-30H,31-34H2,1-4H3/b26-25-. The van der Waals surface area contributed by atoms with Crippen molar-refractivity contribution >= 4 is 27.8 Å². The maximum atomic E-state index is 15.0. The van der Waals surface area contributed by atoms with Crippen molar-refractivity contribution in [1.29, 1.82) is 0 Å². The van der Waals surface area contributed by atoms with Crippen molar-refractivity contribution in [3.63, 3.8) is 0 Å². The lowest BCUT2D eigenvalue weighted by molar-refractivity contribution is 0.133. The number of methoxy groups -OCH3 is 4. The second-order valence-corrected chi connectivity index (χ2v) is 16.1. The van der Waals surface area contributed by atoms with Gasteiger partial charge in [-0.25, -0.2) is 9.13 Å². The average molecular weight is 853 g/mol. The van der Waals surface area contributed by atoms with Crippen LogP contribution in [-0.2, 0) is 53.7 Å². The zero-order valence-corrected chi connectivity index (χ0v) is 35.4. The van der Waals surface area contributed by atoms with Gasteiger partial charge in [0.2, 0.25) is 11.5 Å². The van der Waals surface area contributed by atoms with Gasteiger partial charge in [0, 0.05) is 5.56 Å². The lowest BCUT2D eigenvalue weighted by Crippen LogP contribution is -2.08. The lowest BCUT2D eigenvalue weighted by Gasteiger charge is -2.25. The minimum atomic E-state index is -4.58. The zero-order chi connectivity index (χ0) is 42.2. The van der Waals surface area contributed by atoms with Crippen LogP contribution in [0.15, 0.2) is 146 Å². The van der Waals surface area contributed by atoms with Crippen molar-refractivity contribution < 1.29 is 55.2 Å². The fourth-order valence-corrected chi connectivity index (χ4v) is 8.13. The first kappa shape index (κ1) is 43.7. The molecule has 6 aromatic carbocycles. The van der Waals surface area contributed by atoms with E-state index in [0.717, 1.165) is 0 Å². The van der Waals surface area contributed by atoms with Gasteiger partial charge in [-0.05, 0) is 52.1 Å². The highest BCUT2D eigenvalue weighted by Gasteiger charge is 2.37. The van der Waals surface area contributed by atoms with Crippen LogP contribution in [0, 0.1) is 0 Å². The summed E-state index contributed by atoms with van der Waals surface area (Å²) in [7, 11) is -3.19. The van der Waals surface area contributed by atoms with E-state index in [1.54, 1.807) is 36.4 Å². The molecule has 12 nitrogen and oxygen atoms in total. The quantitative estimate of drug-likeness (QED) is 0.0476. The van der Waals surface area contributed by atoms with Crippen LogP contribution in [0.3, 0.4) is 0 Å². The van der Waals surface area contributed by atoms with Crippen molar-refractivity contribution in [1.82, 2.24) is 0 Å². The minimum absolute atomic E-state index is 0.0550. The van der Waals surface area contributed by atoms with Gasteiger partial charge >= 0.3 is 15.6 Å². The Morgan fingerprint density at radius 2 is 0.767 bits per heavy atom. The van der Waals surface area contributed by atoms with Crippen molar-refractivity contribution in [2.24, 2.45) is 0 Å². The average Bonchev–Trinajstić information content (AvgIpc) is 3.30. The molecule has 0 aliphatic rings. The smallest absolute Gasteiger partial charge is 0.493 e. The first-order valence-electron chi connectivity index (χ1n) is 18.8. The topological polar surface area (TPSA) is 126 Å². The molecule has 14 heteroatoms. The van der Waals surface area contributed by atoms with E-state index >= 15 is 0 Å². The molecule has 0 fully saturated rings. The van der Waals surface area contributed by atoms with E-state index < -0.39 is 15.6 Å². The number of phosphoric acid groups is 2. The number of ether oxygens (including phenoxy) is 4. The summed E-state index contributed by atoms with van der Waals surface area (Å²) < 4.78 is 89.0. The van der Waals surface area contributed by atoms with Gasteiger partial charge in [0.15, 0.2) is 23.0 Å². The molecule has 0 amide bonds. The van der Waals surface area contributed by atoms with E-state index in [1.165, 1.54) is 28.4 Å². The Morgan fingerprint density at radius 3 is 1.12 bits per heavy atom. The second kappa shape index (κ2) is 21.4. The molecular formula is C46H46O12P2. The highest BCUT2D eigenvalue weighted by atomic mass is 31.2. The van der Waals surface area contributed by atoms with Gasteiger partial charge in [0.25, 0.3) is 0 Å². The Hall–Kier alpha value is -5.84. The van der Waals surface area contributed by atoms with Gasteiger partial charge < -0.3 is 28.0 Å².